The highest BCUT2D eigenvalue weighted by Gasteiger charge is 2.44. The van der Waals surface area contributed by atoms with Crippen LogP contribution in [0, 0.1) is 15.9 Å². The van der Waals surface area contributed by atoms with Gasteiger partial charge in [-0.2, -0.15) is 0 Å². The Morgan fingerprint density at radius 1 is 1.00 bits per heavy atom. The van der Waals surface area contributed by atoms with Crippen LogP contribution in [0.2, 0.25) is 0 Å². The average molecular weight is 505 g/mol. The number of non-ortho nitro benzene ring substituents is 1. The molecule has 0 aliphatic carbocycles. The molecule has 10 nitrogen and oxygen atoms in total. The van der Waals surface area contributed by atoms with Crippen LogP contribution in [0.3, 0.4) is 0 Å². The molecule has 1 saturated heterocycles. The van der Waals surface area contributed by atoms with Crippen LogP contribution in [0.15, 0.2) is 72.8 Å². The standard InChI is InChI=1S/C26H20FN3O7/c1-37-26(34)18-6-10-20(11-7-18)29-23(31)14-22(25(29)33)28(15-16-2-8-19(27)9-3-16)24(32)17-4-12-21(13-5-17)30(35)36/h2-13,22H,14-15H2,1H3. The molecule has 188 valence electrons. The highest BCUT2D eigenvalue weighted by atomic mass is 19.1. The van der Waals surface area contributed by atoms with Crippen LogP contribution in [-0.4, -0.2) is 46.7 Å². The van der Waals surface area contributed by atoms with Crippen molar-refractivity contribution in [2.24, 2.45) is 0 Å². The lowest BCUT2D eigenvalue weighted by Crippen LogP contribution is -2.45. The zero-order valence-corrected chi connectivity index (χ0v) is 19.5. The number of halogens is 1. The Labute approximate surface area is 210 Å². The Bertz CT molecular complexity index is 1370. The number of hydrogen-bond acceptors (Lipinski definition) is 7. The molecular formula is C26H20FN3O7. The maximum absolute atomic E-state index is 13.5. The van der Waals surface area contributed by atoms with E-state index in [1.54, 1.807) is 0 Å². The highest BCUT2D eigenvalue weighted by molar-refractivity contribution is 6.23. The number of anilines is 1. The molecule has 11 heteroatoms. The normalized spacial score (nSPS) is 15.0. The fraction of sp³-hybridized carbons (Fsp3) is 0.154. The molecule has 1 aliphatic heterocycles. The first kappa shape index (κ1) is 25.2. The van der Waals surface area contributed by atoms with E-state index >= 15 is 0 Å². The number of benzene rings is 3. The third kappa shape index (κ3) is 5.20. The van der Waals surface area contributed by atoms with Gasteiger partial charge in [-0.05, 0) is 54.1 Å². The van der Waals surface area contributed by atoms with Gasteiger partial charge in [0.25, 0.3) is 17.5 Å². The summed E-state index contributed by atoms with van der Waals surface area (Å²) in [7, 11) is 1.23. The molecule has 37 heavy (non-hydrogen) atoms. The van der Waals surface area contributed by atoms with E-state index in [1.165, 1.54) is 84.8 Å². The van der Waals surface area contributed by atoms with Gasteiger partial charge in [-0.25, -0.2) is 14.1 Å². The lowest BCUT2D eigenvalue weighted by Gasteiger charge is -2.28. The fourth-order valence-corrected chi connectivity index (χ4v) is 4.00. The third-order valence-electron chi connectivity index (χ3n) is 5.90. The minimum atomic E-state index is -1.18. The number of carbonyl (C=O) groups excluding carboxylic acids is 4. The topological polar surface area (TPSA) is 127 Å². The average Bonchev–Trinajstić information content (AvgIpc) is 3.20. The minimum Gasteiger partial charge on any atom is -0.465 e. The Hall–Kier alpha value is -4.93. The molecule has 3 aromatic carbocycles. The fourth-order valence-electron chi connectivity index (χ4n) is 4.00. The predicted octanol–water partition coefficient (Wildman–Crippen LogP) is 3.50. The van der Waals surface area contributed by atoms with Crippen molar-refractivity contribution in [1.82, 2.24) is 4.90 Å². The lowest BCUT2D eigenvalue weighted by molar-refractivity contribution is -0.384. The maximum Gasteiger partial charge on any atom is 0.337 e. The number of nitrogens with zero attached hydrogens (tertiary/aromatic N) is 3. The smallest absolute Gasteiger partial charge is 0.337 e. The highest BCUT2D eigenvalue weighted by Crippen LogP contribution is 2.28. The van der Waals surface area contributed by atoms with E-state index in [-0.39, 0.29) is 35.5 Å². The zero-order valence-electron chi connectivity index (χ0n) is 19.5. The van der Waals surface area contributed by atoms with Gasteiger partial charge in [0.2, 0.25) is 5.91 Å². The molecule has 3 amide bonds. The third-order valence-corrected chi connectivity index (χ3v) is 5.90. The van der Waals surface area contributed by atoms with E-state index in [4.69, 9.17) is 0 Å². The molecule has 0 radical (unpaired) electrons. The molecule has 1 fully saturated rings. The first-order chi connectivity index (χ1) is 17.7. The van der Waals surface area contributed by atoms with Crippen LogP contribution in [0.5, 0.6) is 0 Å². The second kappa shape index (κ2) is 10.4. The van der Waals surface area contributed by atoms with Gasteiger partial charge in [0.05, 0.1) is 29.7 Å². The van der Waals surface area contributed by atoms with E-state index < -0.39 is 40.5 Å². The van der Waals surface area contributed by atoms with Gasteiger partial charge in [0, 0.05) is 24.2 Å². The SMILES string of the molecule is COC(=O)c1ccc(N2C(=O)CC(N(Cc3ccc(F)cc3)C(=O)c3ccc([N+](=O)[O-])cc3)C2=O)cc1. The van der Waals surface area contributed by atoms with Crippen molar-refractivity contribution in [1.29, 1.82) is 0 Å². The number of hydrogen-bond donors (Lipinski definition) is 0. The van der Waals surface area contributed by atoms with Crippen molar-refractivity contribution >= 4 is 35.1 Å². The van der Waals surface area contributed by atoms with Crippen LogP contribution in [-0.2, 0) is 20.9 Å². The zero-order chi connectivity index (χ0) is 26.7. The maximum atomic E-state index is 13.5. The summed E-state index contributed by atoms with van der Waals surface area (Å²) in [6, 6.07) is 14.7. The Kier molecular flexibility index (Phi) is 7.05. The van der Waals surface area contributed by atoms with Crippen LogP contribution < -0.4 is 4.90 Å². The molecule has 1 heterocycles. The van der Waals surface area contributed by atoms with Gasteiger partial charge in [-0.15, -0.1) is 0 Å². The molecule has 0 spiro atoms. The van der Waals surface area contributed by atoms with Crippen molar-refractivity contribution in [2.45, 2.75) is 19.0 Å². The van der Waals surface area contributed by atoms with Gasteiger partial charge >= 0.3 is 5.97 Å². The molecule has 4 rings (SSSR count). The summed E-state index contributed by atoms with van der Waals surface area (Å²) in [4.78, 5) is 64.0. The first-order valence-corrected chi connectivity index (χ1v) is 11.0. The molecule has 0 saturated carbocycles. The number of nitro groups is 1. The van der Waals surface area contributed by atoms with Crippen molar-refractivity contribution < 1.29 is 33.2 Å². The number of imide groups is 1. The molecular weight excluding hydrogens is 485 g/mol. The number of esters is 1. The van der Waals surface area contributed by atoms with Crippen LogP contribution in [0.25, 0.3) is 0 Å². The first-order valence-electron chi connectivity index (χ1n) is 11.0. The van der Waals surface area contributed by atoms with Crippen LogP contribution in [0.4, 0.5) is 15.8 Å². The van der Waals surface area contributed by atoms with Gasteiger partial charge in [-0.1, -0.05) is 12.1 Å². The summed E-state index contributed by atoms with van der Waals surface area (Å²) in [5, 5.41) is 11.0. The molecule has 1 atom stereocenters. The largest absolute Gasteiger partial charge is 0.465 e. The molecule has 0 aromatic heterocycles. The Morgan fingerprint density at radius 3 is 2.16 bits per heavy atom. The second-order valence-corrected chi connectivity index (χ2v) is 8.19. The monoisotopic (exact) mass is 505 g/mol. The number of amides is 3. The van der Waals surface area contributed by atoms with E-state index in [2.05, 4.69) is 4.74 Å². The number of nitro benzene ring substituents is 1. The van der Waals surface area contributed by atoms with Gasteiger partial charge < -0.3 is 9.64 Å². The van der Waals surface area contributed by atoms with Gasteiger partial charge in [-0.3, -0.25) is 24.5 Å². The molecule has 3 aromatic rings. The number of rotatable bonds is 7. The molecule has 1 unspecified atom stereocenters. The van der Waals surface area contributed by atoms with Gasteiger partial charge in [0.15, 0.2) is 0 Å². The van der Waals surface area contributed by atoms with E-state index in [9.17, 15) is 33.7 Å². The summed E-state index contributed by atoms with van der Waals surface area (Å²) in [6.07, 6.45) is -0.308. The van der Waals surface area contributed by atoms with Crippen molar-refractivity contribution in [3.63, 3.8) is 0 Å². The summed E-state index contributed by atoms with van der Waals surface area (Å²) in [6.45, 7) is -0.116. The second-order valence-electron chi connectivity index (χ2n) is 8.19. The summed E-state index contributed by atoms with van der Waals surface area (Å²) < 4.78 is 18.1. The summed E-state index contributed by atoms with van der Waals surface area (Å²) in [5.41, 5.74) is 0.824. The summed E-state index contributed by atoms with van der Waals surface area (Å²) >= 11 is 0. The van der Waals surface area contributed by atoms with E-state index in [1.807, 2.05) is 0 Å². The van der Waals surface area contributed by atoms with E-state index in [0.29, 0.717) is 5.56 Å². The van der Waals surface area contributed by atoms with Crippen LogP contribution in [0.1, 0.15) is 32.7 Å². The Balaban J connectivity index is 1.66. The van der Waals surface area contributed by atoms with E-state index in [0.717, 1.165) is 4.90 Å². The number of ether oxygens (including phenoxy) is 1. The van der Waals surface area contributed by atoms with Crippen LogP contribution >= 0.6 is 0 Å². The summed E-state index contributed by atoms with van der Waals surface area (Å²) in [5.74, 6) is -2.91. The molecule has 0 bridgehead atoms. The molecule has 0 N–H and O–H groups in total. The Morgan fingerprint density at radius 2 is 1.59 bits per heavy atom. The predicted molar refractivity (Wildman–Crippen MR) is 128 cm³/mol. The lowest BCUT2D eigenvalue weighted by atomic mass is 10.1. The van der Waals surface area contributed by atoms with Crippen molar-refractivity contribution in [3.8, 4) is 0 Å². The number of methoxy groups -OCH3 is 1. The quantitative estimate of drug-likeness (QED) is 0.208. The van der Waals surface area contributed by atoms with Gasteiger partial charge in [0.1, 0.15) is 11.9 Å². The van der Waals surface area contributed by atoms with Crippen molar-refractivity contribution in [2.75, 3.05) is 12.0 Å². The molecule has 1 aliphatic rings. The number of carbonyl (C=O) groups is 4. The minimum absolute atomic E-state index is 0.0776. The van der Waals surface area contributed by atoms with Crippen molar-refractivity contribution in [3.05, 3.63) is 105 Å².